The maximum atomic E-state index is 11.0. The Morgan fingerprint density at radius 2 is 2.21 bits per heavy atom. The van der Waals surface area contributed by atoms with Gasteiger partial charge in [0.15, 0.2) is 5.76 Å². The van der Waals surface area contributed by atoms with Crippen LogP contribution in [0.1, 0.15) is 5.56 Å². The van der Waals surface area contributed by atoms with Crippen molar-refractivity contribution in [3.8, 4) is 11.5 Å². The Balaban J connectivity index is 1.88. The monoisotopic (exact) mass is 280 g/mol. The second kappa shape index (κ2) is 5.99. The van der Waals surface area contributed by atoms with Crippen molar-refractivity contribution >= 4 is 9.84 Å². The van der Waals surface area contributed by atoms with Gasteiger partial charge in [-0.25, -0.2) is 8.42 Å². The summed E-state index contributed by atoms with van der Waals surface area (Å²) in [7, 11) is -2.91. The van der Waals surface area contributed by atoms with Crippen LogP contribution < -0.4 is 5.32 Å². The average molecular weight is 280 g/mol. The summed E-state index contributed by atoms with van der Waals surface area (Å²) in [6.07, 6.45) is 4.59. The Bertz CT molecular complexity index is 620. The molecule has 6 heteroatoms. The van der Waals surface area contributed by atoms with Gasteiger partial charge < -0.3 is 9.73 Å². The van der Waals surface area contributed by atoms with Gasteiger partial charge in [-0.2, -0.15) is 0 Å². The van der Waals surface area contributed by atoms with Crippen molar-refractivity contribution < 1.29 is 12.8 Å². The van der Waals surface area contributed by atoms with Crippen LogP contribution in [0.3, 0.4) is 0 Å². The molecule has 102 valence electrons. The van der Waals surface area contributed by atoms with Crippen molar-refractivity contribution in [1.29, 1.82) is 0 Å². The third-order valence-electron chi connectivity index (χ3n) is 2.55. The number of pyridine rings is 1. The topological polar surface area (TPSA) is 72.2 Å². The van der Waals surface area contributed by atoms with Gasteiger partial charge in [0.05, 0.1) is 12.0 Å². The van der Waals surface area contributed by atoms with Gasteiger partial charge in [0.1, 0.15) is 15.5 Å². The first-order chi connectivity index (χ1) is 9.04. The summed E-state index contributed by atoms with van der Waals surface area (Å²) in [5, 5.41) is 3.06. The van der Waals surface area contributed by atoms with E-state index >= 15 is 0 Å². The second-order valence-corrected chi connectivity index (χ2v) is 6.60. The van der Waals surface area contributed by atoms with Crippen LogP contribution in [0.5, 0.6) is 0 Å². The fourth-order valence-corrected chi connectivity index (χ4v) is 2.12. The largest absolute Gasteiger partial charge is 0.462 e. The standard InChI is InChI=1S/C13H16N2O3S/c1-19(16,17)7-6-14-9-11-8-13(18-10-11)12-4-2-3-5-15-12/h2-5,8,10,14H,6-7,9H2,1H3. The predicted molar refractivity (Wildman–Crippen MR) is 73.4 cm³/mol. The van der Waals surface area contributed by atoms with Crippen LogP contribution >= 0.6 is 0 Å². The lowest BCUT2D eigenvalue weighted by Gasteiger charge is -2.00. The van der Waals surface area contributed by atoms with Gasteiger partial charge in [-0.1, -0.05) is 6.07 Å². The van der Waals surface area contributed by atoms with E-state index in [0.717, 1.165) is 11.3 Å². The number of hydrogen-bond donors (Lipinski definition) is 1. The molecule has 0 bridgehead atoms. The highest BCUT2D eigenvalue weighted by Gasteiger charge is 2.06. The van der Waals surface area contributed by atoms with Gasteiger partial charge in [0, 0.05) is 31.1 Å². The first-order valence-corrected chi connectivity index (χ1v) is 7.98. The molecule has 0 atom stereocenters. The molecular weight excluding hydrogens is 264 g/mol. The van der Waals surface area contributed by atoms with E-state index in [1.54, 1.807) is 12.5 Å². The number of rotatable bonds is 6. The van der Waals surface area contributed by atoms with E-state index in [2.05, 4.69) is 10.3 Å². The Kier molecular flexibility index (Phi) is 4.34. The molecule has 5 nitrogen and oxygen atoms in total. The van der Waals surface area contributed by atoms with Crippen molar-refractivity contribution in [3.63, 3.8) is 0 Å². The summed E-state index contributed by atoms with van der Waals surface area (Å²) in [6.45, 7) is 1.01. The van der Waals surface area contributed by atoms with Crippen molar-refractivity contribution in [1.82, 2.24) is 10.3 Å². The van der Waals surface area contributed by atoms with E-state index in [4.69, 9.17) is 4.42 Å². The van der Waals surface area contributed by atoms with Crippen LogP contribution in [0.25, 0.3) is 11.5 Å². The average Bonchev–Trinajstić information content (AvgIpc) is 2.83. The molecular formula is C13H16N2O3S. The molecule has 2 aromatic heterocycles. The Morgan fingerprint density at radius 3 is 2.89 bits per heavy atom. The van der Waals surface area contributed by atoms with Gasteiger partial charge in [-0.05, 0) is 18.2 Å². The molecule has 0 amide bonds. The zero-order valence-corrected chi connectivity index (χ0v) is 11.5. The molecule has 0 aromatic carbocycles. The molecule has 0 spiro atoms. The second-order valence-electron chi connectivity index (χ2n) is 4.34. The summed E-state index contributed by atoms with van der Waals surface area (Å²) in [4.78, 5) is 4.20. The molecule has 19 heavy (non-hydrogen) atoms. The zero-order chi connectivity index (χ0) is 13.7. The smallest absolute Gasteiger partial charge is 0.152 e. The molecule has 0 aliphatic heterocycles. The number of aromatic nitrogens is 1. The predicted octanol–water partition coefficient (Wildman–Crippen LogP) is 1.48. The quantitative estimate of drug-likeness (QED) is 0.811. The molecule has 0 saturated heterocycles. The molecule has 0 unspecified atom stereocenters. The Labute approximate surface area is 112 Å². The maximum Gasteiger partial charge on any atom is 0.152 e. The first kappa shape index (κ1) is 13.8. The lowest BCUT2D eigenvalue weighted by molar-refractivity contribution is 0.572. The van der Waals surface area contributed by atoms with Gasteiger partial charge in [0.25, 0.3) is 0 Å². The molecule has 2 aromatic rings. The van der Waals surface area contributed by atoms with Crippen LogP contribution in [0.4, 0.5) is 0 Å². The fourth-order valence-electron chi connectivity index (χ4n) is 1.60. The molecule has 1 N–H and O–H groups in total. The van der Waals surface area contributed by atoms with Crippen molar-refractivity contribution in [2.45, 2.75) is 6.54 Å². The van der Waals surface area contributed by atoms with Crippen LogP contribution in [0.2, 0.25) is 0 Å². The maximum absolute atomic E-state index is 11.0. The minimum atomic E-state index is -2.91. The first-order valence-electron chi connectivity index (χ1n) is 5.92. The zero-order valence-electron chi connectivity index (χ0n) is 10.7. The number of nitrogens with zero attached hydrogens (tertiary/aromatic N) is 1. The third kappa shape index (κ3) is 4.50. The van der Waals surface area contributed by atoms with E-state index in [0.29, 0.717) is 18.8 Å². The molecule has 2 heterocycles. The van der Waals surface area contributed by atoms with Crippen LogP contribution in [-0.4, -0.2) is 32.0 Å². The molecule has 0 fully saturated rings. The van der Waals surface area contributed by atoms with Crippen LogP contribution in [0.15, 0.2) is 41.1 Å². The molecule has 0 aliphatic rings. The van der Waals surface area contributed by atoms with E-state index in [9.17, 15) is 8.42 Å². The van der Waals surface area contributed by atoms with Gasteiger partial charge in [-0.3, -0.25) is 4.98 Å². The summed E-state index contributed by atoms with van der Waals surface area (Å²) < 4.78 is 27.4. The lowest BCUT2D eigenvalue weighted by atomic mass is 10.2. The van der Waals surface area contributed by atoms with E-state index in [-0.39, 0.29) is 5.75 Å². The minimum Gasteiger partial charge on any atom is -0.462 e. The highest BCUT2D eigenvalue weighted by atomic mass is 32.2. The van der Waals surface area contributed by atoms with Crippen molar-refractivity contribution in [2.75, 3.05) is 18.6 Å². The normalized spacial score (nSPS) is 11.6. The highest BCUT2D eigenvalue weighted by Crippen LogP contribution is 2.19. The number of furan rings is 1. The van der Waals surface area contributed by atoms with Gasteiger partial charge in [-0.15, -0.1) is 0 Å². The molecule has 2 rings (SSSR count). The number of sulfone groups is 1. The van der Waals surface area contributed by atoms with Crippen molar-refractivity contribution in [3.05, 3.63) is 42.3 Å². The lowest BCUT2D eigenvalue weighted by Crippen LogP contribution is -2.21. The highest BCUT2D eigenvalue weighted by molar-refractivity contribution is 7.90. The summed E-state index contributed by atoms with van der Waals surface area (Å²) in [6, 6.07) is 7.52. The summed E-state index contributed by atoms with van der Waals surface area (Å²) >= 11 is 0. The Hall–Kier alpha value is -1.66. The SMILES string of the molecule is CS(=O)(=O)CCNCc1coc(-c2ccccn2)c1. The number of hydrogen-bond acceptors (Lipinski definition) is 5. The summed E-state index contributed by atoms with van der Waals surface area (Å²) in [5.74, 6) is 0.846. The third-order valence-corrected chi connectivity index (χ3v) is 3.50. The molecule has 0 saturated carbocycles. The molecule has 0 radical (unpaired) electrons. The summed E-state index contributed by atoms with van der Waals surface area (Å²) in [5.41, 5.74) is 1.75. The fraction of sp³-hybridized carbons (Fsp3) is 0.308. The van der Waals surface area contributed by atoms with Gasteiger partial charge in [0.2, 0.25) is 0 Å². The minimum absolute atomic E-state index is 0.137. The Morgan fingerprint density at radius 1 is 1.37 bits per heavy atom. The number of nitrogens with one attached hydrogen (secondary N) is 1. The van der Waals surface area contributed by atoms with E-state index < -0.39 is 9.84 Å². The van der Waals surface area contributed by atoms with E-state index in [1.807, 2.05) is 24.3 Å². The van der Waals surface area contributed by atoms with E-state index in [1.165, 1.54) is 6.26 Å². The van der Waals surface area contributed by atoms with Crippen molar-refractivity contribution in [2.24, 2.45) is 0 Å². The van der Waals surface area contributed by atoms with Crippen LogP contribution in [-0.2, 0) is 16.4 Å². The molecule has 0 aliphatic carbocycles. The van der Waals surface area contributed by atoms with Crippen LogP contribution in [0, 0.1) is 0 Å². The van der Waals surface area contributed by atoms with Gasteiger partial charge >= 0.3 is 0 Å².